The fourth-order valence-electron chi connectivity index (χ4n) is 4.19. The number of rotatable bonds is 5. The Hall–Kier alpha value is -0.120. The molecule has 0 spiro atoms. The molecule has 19 heavy (non-hydrogen) atoms. The molecule has 1 aliphatic heterocycles. The molecule has 0 aromatic rings. The molecule has 1 N–H and O–H groups in total. The molecule has 1 unspecified atom stereocenters. The van der Waals surface area contributed by atoms with Crippen molar-refractivity contribution in [2.24, 2.45) is 5.92 Å². The fourth-order valence-corrected chi connectivity index (χ4v) is 4.19. The lowest BCUT2D eigenvalue weighted by molar-refractivity contribution is 0.0252. The van der Waals surface area contributed by atoms with E-state index in [1.165, 1.54) is 51.4 Å². The smallest absolute Gasteiger partial charge is 0.0468 e. The zero-order chi connectivity index (χ0) is 13.7. The normalized spacial score (nSPS) is 26.5. The highest BCUT2D eigenvalue weighted by atomic mass is 16.5. The molecule has 3 heteroatoms. The van der Waals surface area contributed by atoms with Crippen molar-refractivity contribution in [3.8, 4) is 0 Å². The zero-order valence-electron chi connectivity index (χ0n) is 13.1. The van der Waals surface area contributed by atoms with Crippen LogP contribution in [-0.4, -0.2) is 50.8 Å². The summed E-state index contributed by atoms with van der Waals surface area (Å²) < 4.78 is 5.50. The average molecular weight is 268 g/mol. The molecule has 2 rings (SSSR count). The highest BCUT2D eigenvalue weighted by Gasteiger charge is 2.41. The average Bonchev–Trinajstić information content (AvgIpc) is 2.46. The van der Waals surface area contributed by atoms with Gasteiger partial charge in [-0.05, 0) is 59.2 Å². The van der Waals surface area contributed by atoms with Gasteiger partial charge in [-0.1, -0.05) is 19.3 Å². The van der Waals surface area contributed by atoms with Crippen molar-refractivity contribution in [2.75, 3.05) is 34.4 Å². The van der Waals surface area contributed by atoms with Crippen LogP contribution in [0.5, 0.6) is 0 Å². The van der Waals surface area contributed by atoms with Crippen LogP contribution in [0, 0.1) is 5.92 Å². The van der Waals surface area contributed by atoms with Gasteiger partial charge >= 0.3 is 0 Å². The Labute approximate surface area is 119 Å². The Morgan fingerprint density at radius 2 is 1.79 bits per heavy atom. The summed E-state index contributed by atoms with van der Waals surface area (Å²) in [6, 6.07) is 0.630. The van der Waals surface area contributed by atoms with E-state index in [0.717, 1.165) is 19.1 Å². The second kappa shape index (κ2) is 7.05. The molecule has 0 aromatic heterocycles. The minimum Gasteiger partial charge on any atom is -0.381 e. The van der Waals surface area contributed by atoms with Crippen molar-refractivity contribution in [2.45, 2.75) is 62.9 Å². The molecule has 0 amide bonds. The maximum atomic E-state index is 5.50. The number of hydrogen-bond acceptors (Lipinski definition) is 3. The van der Waals surface area contributed by atoms with Crippen LogP contribution in [0.3, 0.4) is 0 Å². The molecule has 2 aliphatic rings. The molecule has 1 atom stereocenters. The fraction of sp³-hybridized carbons (Fsp3) is 1.00. The predicted molar refractivity (Wildman–Crippen MR) is 80.5 cm³/mol. The van der Waals surface area contributed by atoms with Crippen LogP contribution in [0.1, 0.15) is 51.4 Å². The number of nitrogens with one attached hydrogen (secondary N) is 1. The molecule has 0 radical (unpaired) electrons. The van der Waals surface area contributed by atoms with E-state index in [-0.39, 0.29) is 0 Å². The SMILES string of the molecule is CNC(CC1CCOCC1)C1(N(C)C)CCCCC1. The van der Waals surface area contributed by atoms with Gasteiger partial charge in [0.15, 0.2) is 0 Å². The molecule has 112 valence electrons. The second-order valence-corrected chi connectivity index (χ2v) is 6.69. The zero-order valence-corrected chi connectivity index (χ0v) is 13.1. The van der Waals surface area contributed by atoms with Crippen LogP contribution < -0.4 is 5.32 Å². The van der Waals surface area contributed by atoms with Gasteiger partial charge in [0, 0.05) is 24.8 Å². The third-order valence-electron chi connectivity index (χ3n) is 5.52. The van der Waals surface area contributed by atoms with E-state index < -0.39 is 0 Å². The van der Waals surface area contributed by atoms with Crippen molar-refractivity contribution in [3.05, 3.63) is 0 Å². The Morgan fingerprint density at radius 3 is 2.32 bits per heavy atom. The molecule has 1 aliphatic carbocycles. The minimum absolute atomic E-state index is 0.380. The summed E-state index contributed by atoms with van der Waals surface area (Å²) in [5, 5.41) is 3.66. The molecule has 0 bridgehead atoms. The van der Waals surface area contributed by atoms with E-state index in [9.17, 15) is 0 Å². The third-order valence-corrected chi connectivity index (χ3v) is 5.52. The minimum atomic E-state index is 0.380. The van der Waals surface area contributed by atoms with Gasteiger partial charge in [-0.25, -0.2) is 0 Å². The molecule has 2 fully saturated rings. The lowest BCUT2D eigenvalue weighted by Gasteiger charge is -2.49. The number of nitrogens with zero attached hydrogens (tertiary/aromatic N) is 1. The first-order valence-corrected chi connectivity index (χ1v) is 8.11. The van der Waals surface area contributed by atoms with Gasteiger partial charge < -0.3 is 15.0 Å². The van der Waals surface area contributed by atoms with Crippen molar-refractivity contribution >= 4 is 0 Å². The lowest BCUT2D eigenvalue weighted by atomic mass is 9.72. The van der Waals surface area contributed by atoms with Gasteiger partial charge in [0.1, 0.15) is 0 Å². The highest BCUT2D eigenvalue weighted by molar-refractivity contribution is 5.00. The molecule has 0 aromatic carbocycles. The lowest BCUT2D eigenvalue weighted by Crippen LogP contribution is -2.59. The monoisotopic (exact) mass is 268 g/mol. The summed E-state index contributed by atoms with van der Waals surface area (Å²) in [5.41, 5.74) is 0.380. The maximum Gasteiger partial charge on any atom is 0.0468 e. The predicted octanol–water partition coefficient (Wildman–Crippen LogP) is 2.66. The standard InChI is InChI=1S/C16H32N2O/c1-17-15(13-14-7-11-19-12-8-14)16(18(2)3)9-5-4-6-10-16/h14-15,17H,4-13H2,1-3H3. The number of ether oxygens (including phenoxy) is 1. The Bertz CT molecular complexity index is 255. The molecule has 1 saturated heterocycles. The van der Waals surface area contributed by atoms with Crippen LogP contribution >= 0.6 is 0 Å². The summed E-state index contributed by atoms with van der Waals surface area (Å²) in [4.78, 5) is 2.51. The molecule has 1 heterocycles. The summed E-state index contributed by atoms with van der Waals surface area (Å²) in [7, 11) is 6.71. The molecular formula is C16H32N2O. The van der Waals surface area contributed by atoms with Gasteiger partial charge in [-0.15, -0.1) is 0 Å². The van der Waals surface area contributed by atoms with Crippen LogP contribution in [0.4, 0.5) is 0 Å². The van der Waals surface area contributed by atoms with E-state index in [1.807, 2.05) is 0 Å². The summed E-state index contributed by atoms with van der Waals surface area (Å²) >= 11 is 0. The van der Waals surface area contributed by atoms with Crippen molar-refractivity contribution in [3.63, 3.8) is 0 Å². The van der Waals surface area contributed by atoms with Gasteiger partial charge in [-0.3, -0.25) is 0 Å². The molecule has 1 saturated carbocycles. The molecular weight excluding hydrogens is 236 g/mol. The number of likely N-dealkylation sites (N-methyl/N-ethyl adjacent to an activating group) is 2. The highest BCUT2D eigenvalue weighted by Crippen LogP contribution is 2.38. The quantitative estimate of drug-likeness (QED) is 0.829. The van der Waals surface area contributed by atoms with Crippen molar-refractivity contribution < 1.29 is 4.74 Å². The topological polar surface area (TPSA) is 24.5 Å². The van der Waals surface area contributed by atoms with Crippen LogP contribution in [-0.2, 0) is 4.74 Å². The Kier molecular flexibility index (Phi) is 5.67. The van der Waals surface area contributed by atoms with Gasteiger partial charge in [0.05, 0.1) is 0 Å². The largest absolute Gasteiger partial charge is 0.381 e. The third kappa shape index (κ3) is 3.50. The van der Waals surface area contributed by atoms with Crippen LogP contribution in [0.2, 0.25) is 0 Å². The summed E-state index contributed by atoms with van der Waals surface area (Å²) in [6.45, 7) is 1.94. The van der Waals surface area contributed by atoms with Crippen LogP contribution in [0.25, 0.3) is 0 Å². The van der Waals surface area contributed by atoms with Gasteiger partial charge in [-0.2, -0.15) is 0 Å². The summed E-state index contributed by atoms with van der Waals surface area (Å²) in [6.07, 6.45) is 10.7. The number of hydrogen-bond donors (Lipinski definition) is 1. The van der Waals surface area contributed by atoms with E-state index in [1.54, 1.807) is 0 Å². The maximum absolute atomic E-state index is 5.50. The van der Waals surface area contributed by atoms with E-state index in [0.29, 0.717) is 11.6 Å². The molecule has 3 nitrogen and oxygen atoms in total. The first-order valence-electron chi connectivity index (χ1n) is 8.11. The van der Waals surface area contributed by atoms with E-state index in [2.05, 4.69) is 31.4 Å². The van der Waals surface area contributed by atoms with Gasteiger partial charge in [0.2, 0.25) is 0 Å². The summed E-state index contributed by atoms with van der Waals surface area (Å²) in [5.74, 6) is 0.852. The Balaban J connectivity index is 2.03. The first kappa shape index (κ1) is 15.3. The van der Waals surface area contributed by atoms with E-state index in [4.69, 9.17) is 4.74 Å². The van der Waals surface area contributed by atoms with Crippen LogP contribution in [0.15, 0.2) is 0 Å². The first-order chi connectivity index (χ1) is 9.19. The van der Waals surface area contributed by atoms with E-state index >= 15 is 0 Å². The van der Waals surface area contributed by atoms with Crippen molar-refractivity contribution in [1.82, 2.24) is 10.2 Å². The van der Waals surface area contributed by atoms with Crippen molar-refractivity contribution in [1.29, 1.82) is 0 Å². The van der Waals surface area contributed by atoms with Gasteiger partial charge in [0.25, 0.3) is 0 Å². The second-order valence-electron chi connectivity index (χ2n) is 6.69. The Morgan fingerprint density at radius 1 is 1.16 bits per heavy atom.